The molecule has 0 saturated carbocycles. The fourth-order valence-electron chi connectivity index (χ4n) is 3.86. The lowest BCUT2D eigenvalue weighted by molar-refractivity contribution is -0.132. The van der Waals surface area contributed by atoms with Crippen LogP contribution in [0.2, 0.25) is 0 Å². The van der Waals surface area contributed by atoms with E-state index in [2.05, 4.69) is 0 Å². The molecule has 1 aliphatic rings. The number of hydrogen-bond acceptors (Lipinski definition) is 6. The van der Waals surface area contributed by atoms with Crippen molar-refractivity contribution in [3.05, 3.63) is 81.3 Å². The van der Waals surface area contributed by atoms with Gasteiger partial charge < -0.3 is 14.6 Å². The number of amides is 1. The quantitative estimate of drug-likeness (QED) is 0.340. The molecule has 0 spiro atoms. The molecular formula is C24H20FNO5S. The number of aryl methyl sites for hydroxylation is 1. The Morgan fingerprint density at radius 3 is 2.28 bits per heavy atom. The van der Waals surface area contributed by atoms with Crippen LogP contribution < -0.4 is 14.4 Å². The Bertz CT molecular complexity index is 1230. The number of benzene rings is 2. The van der Waals surface area contributed by atoms with Crippen LogP contribution in [0.3, 0.4) is 0 Å². The molecule has 3 aromatic rings. The lowest BCUT2D eigenvalue weighted by atomic mass is 9.97. The summed E-state index contributed by atoms with van der Waals surface area (Å²) in [5.74, 6) is -2.14. The molecule has 1 aromatic heterocycles. The van der Waals surface area contributed by atoms with Gasteiger partial charge in [0.25, 0.3) is 11.7 Å². The number of ketones is 1. The molecule has 0 radical (unpaired) electrons. The molecule has 1 saturated heterocycles. The fraction of sp³-hybridized carbons (Fsp3) is 0.167. The average molecular weight is 453 g/mol. The molecule has 0 bridgehead atoms. The summed E-state index contributed by atoms with van der Waals surface area (Å²) in [7, 11) is 2.86. The number of ether oxygens (including phenoxy) is 2. The van der Waals surface area contributed by atoms with Crippen LogP contribution in [0, 0.1) is 12.7 Å². The van der Waals surface area contributed by atoms with Gasteiger partial charge in [-0.05, 0) is 54.3 Å². The van der Waals surface area contributed by atoms with Crippen molar-refractivity contribution in [1.29, 1.82) is 0 Å². The van der Waals surface area contributed by atoms with E-state index in [1.165, 1.54) is 48.7 Å². The standard InChI is InChI=1S/C24H20FNO5S/c1-13-10-11-32-23(13)20-19(21(27)18-16(30-2)8-5-9-17(18)31-3)22(28)24(29)26(20)15-7-4-6-14(25)12-15/h4-12,20,27H,1-3H3/b21-19+. The van der Waals surface area contributed by atoms with Gasteiger partial charge >= 0.3 is 0 Å². The molecule has 8 heteroatoms. The number of carbonyl (C=O) groups excluding carboxylic acids is 2. The number of hydrogen-bond donors (Lipinski definition) is 1. The first-order chi connectivity index (χ1) is 15.4. The zero-order valence-electron chi connectivity index (χ0n) is 17.6. The molecule has 1 aliphatic heterocycles. The Labute approximate surface area is 188 Å². The van der Waals surface area contributed by atoms with E-state index in [0.29, 0.717) is 4.88 Å². The highest BCUT2D eigenvalue weighted by Gasteiger charge is 2.48. The van der Waals surface area contributed by atoms with Gasteiger partial charge in [-0.25, -0.2) is 4.39 Å². The molecule has 1 atom stereocenters. The summed E-state index contributed by atoms with van der Waals surface area (Å²) in [5.41, 5.74) is 1.10. The molecule has 164 valence electrons. The predicted molar refractivity (Wildman–Crippen MR) is 120 cm³/mol. The zero-order chi connectivity index (χ0) is 23.0. The van der Waals surface area contributed by atoms with Gasteiger partial charge in [-0.3, -0.25) is 14.5 Å². The van der Waals surface area contributed by atoms with E-state index in [4.69, 9.17) is 9.47 Å². The van der Waals surface area contributed by atoms with Crippen LogP contribution >= 0.6 is 11.3 Å². The molecule has 1 amide bonds. The minimum atomic E-state index is -0.939. The molecule has 1 fully saturated rings. The Kier molecular flexibility index (Phi) is 5.71. The molecule has 1 unspecified atom stereocenters. The van der Waals surface area contributed by atoms with Crippen molar-refractivity contribution >= 4 is 34.5 Å². The van der Waals surface area contributed by atoms with E-state index in [-0.39, 0.29) is 28.3 Å². The maximum Gasteiger partial charge on any atom is 0.300 e. The van der Waals surface area contributed by atoms with E-state index >= 15 is 0 Å². The summed E-state index contributed by atoms with van der Waals surface area (Å²) in [4.78, 5) is 28.3. The zero-order valence-corrected chi connectivity index (χ0v) is 18.4. The van der Waals surface area contributed by atoms with Gasteiger partial charge in [0.2, 0.25) is 0 Å². The van der Waals surface area contributed by atoms with E-state index in [0.717, 1.165) is 5.56 Å². The lowest BCUT2D eigenvalue weighted by Gasteiger charge is -2.25. The third-order valence-corrected chi connectivity index (χ3v) is 6.42. The van der Waals surface area contributed by atoms with Gasteiger partial charge in [-0.1, -0.05) is 12.1 Å². The summed E-state index contributed by atoms with van der Waals surface area (Å²) < 4.78 is 24.8. The molecule has 1 N–H and O–H groups in total. The summed E-state index contributed by atoms with van der Waals surface area (Å²) in [6, 6.07) is 11.3. The second-order valence-corrected chi connectivity index (χ2v) is 8.10. The van der Waals surface area contributed by atoms with Gasteiger partial charge in [0.1, 0.15) is 34.7 Å². The SMILES string of the molecule is COc1cccc(OC)c1/C(O)=C1\C(=O)C(=O)N(c2cccc(F)c2)C1c1sccc1C. The molecule has 4 rings (SSSR count). The second kappa shape index (κ2) is 8.47. The summed E-state index contributed by atoms with van der Waals surface area (Å²) in [5, 5.41) is 13.2. The van der Waals surface area contributed by atoms with E-state index in [1.807, 2.05) is 18.4 Å². The second-order valence-electron chi connectivity index (χ2n) is 7.15. The smallest absolute Gasteiger partial charge is 0.300 e. The van der Waals surface area contributed by atoms with Crippen LogP contribution in [0.4, 0.5) is 10.1 Å². The topological polar surface area (TPSA) is 76.1 Å². The largest absolute Gasteiger partial charge is 0.506 e. The first kappa shape index (κ1) is 21.6. The number of methoxy groups -OCH3 is 2. The number of thiophene rings is 1. The number of aliphatic hydroxyl groups is 1. The van der Waals surface area contributed by atoms with Gasteiger partial charge in [-0.2, -0.15) is 0 Å². The predicted octanol–water partition coefficient (Wildman–Crippen LogP) is 4.84. The van der Waals surface area contributed by atoms with Crippen molar-refractivity contribution in [2.45, 2.75) is 13.0 Å². The number of carbonyl (C=O) groups is 2. The lowest BCUT2D eigenvalue weighted by Crippen LogP contribution is -2.29. The maximum atomic E-state index is 14.0. The van der Waals surface area contributed by atoms with Crippen molar-refractivity contribution < 1.29 is 28.6 Å². The number of halogens is 1. The highest BCUT2D eigenvalue weighted by atomic mass is 32.1. The molecule has 0 aliphatic carbocycles. The maximum absolute atomic E-state index is 14.0. The molecule has 2 aromatic carbocycles. The number of nitrogens with zero attached hydrogens (tertiary/aromatic N) is 1. The Balaban J connectivity index is 2.02. The van der Waals surface area contributed by atoms with Crippen molar-refractivity contribution in [3.63, 3.8) is 0 Å². The van der Waals surface area contributed by atoms with Crippen LogP contribution in [-0.2, 0) is 9.59 Å². The van der Waals surface area contributed by atoms with Crippen LogP contribution in [0.15, 0.2) is 59.5 Å². The van der Waals surface area contributed by atoms with Crippen molar-refractivity contribution in [2.24, 2.45) is 0 Å². The van der Waals surface area contributed by atoms with Crippen LogP contribution in [-0.4, -0.2) is 31.0 Å². The van der Waals surface area contributed by atoms with E-state index in [1.54, 1.807) is 24.3 Å². The van der Waals surface area contributed by atoms with Gasteiger partial charge in [0.05, 0.1) is 19.8 Å². The van der Waals surface area contributed by atoms with E-state index < -0.39 is 29.3 Å². The molecule has 32 heavy (non-hydrogen) atoms. The van der Waals surface area contributed by atoms with Crippen molar-refractivity contribution in [1.82, 2.24) is 0 Å². The summed E-state index contributed by atoms with van der Waals surface area (Å²) >= 11 is 1.34. The average Bonchev–Trinajstić information content (AvgIpc) is 3.32. The highest BCUT2D eigenvalue weighted by molar-refractivity contribution is 7.10. The van der Waals surface area contributed by atoms with Crippen molar-refractivity contribution in [2.75, 3.05) is 19.1 Å². The normalized spacial score (nSPS) is 17.6. The Morgan fingerprint density at radius 1 is 1.06 bits per heavy atom. The van der Waals surface area contributed by atoms with Crippen LogP contribution in [0.1, 0.15) is 22.0 Å². The first-order valence-corrected chi connectivity index (χ1v) is 10.6. The summed E-state index contributed by atoms with van der Waals surface area (Å²) in [6.45, 7) is 1.85. The van der Waals surface area contributed by atoms with Crippen LogP contribution in [0.5, 0.6) is 11.5 Å². The summed E-state index contributed by atoms with van der Waals surface area (Å²) in [6.07, 6.45) is 0. The monoisotopic (exact) mass is 453 g/mol. The minimum Gasteiger partial charge on any atom is -0.506 e. The third kappa shape index (κ3) is 3.42. The number of anilines is 1. The number of rotatable bonds is 5. The molecule has 6 nitrogen and oxygen atoms in total. The fourth-order valence-corrected chi connectivity index (χ4v) is 4.88. The first-order valence-electron chi connectivity index (χ1n) is 9.71. The Hall–Kier alpha value is -3.65. The van der Waals surface area contributed by atoms with Crippen molar-refractivity contribution in [3.8, 4) is 11.5 Å². The minimum absolute atomic E-state index is 0.118. The Morgan fingerprint density at radius 2 is 1.72 bits per heavy atom. The van der Waals surface area contributed by atoms with Gasteiger partial charge in [0, 0.05) is 10.6 Å². The van der Waals surface area contributed by atoms with Crippen LogP contribution in [0.25, 0.3) is 5.76 Å². The number of Topliss-reactive ketones (excluding diaryl/α,β-unsaturated/α-hetero) is 1. The third-order valence-electron chi connectivity index (χ3n) is 5.35. The van der Waals surface area contributed by atoms with Gasteiger partial charge in [0.15, 0.2) is 0 Å². The van der Waals surface area contributed by atoms with Gasteiger partial charge in [-0.15, -0.1) is 11.3 Å². The molecule has 2 heterocycles. The van der Waals surface area contributed by atoms with E-state index in [9.17, 15) is 19.1 Å². The number of aliphatic hydroxyl groups excluding tert-OH is 1. The highest BCUT2D eigenvalue weighted by Crippen LogP contribution is 2.47. The molecular weight excluding hydrogens is 433 g/mol.